The monoisotopic (exact) mass is 300 g/mol. The number of hydrogen-bond acceptors (Lipinski definition) is 0. The summed E-state index contributed by atoms with van der Waals surface area (Å²) < 4.78 is 0. The molecule has 2 aromatic carbocycles. The first-order chi connectivity index (χ1) is 8.61. The van der Waals surface area contributed by atoms with Gasteiger partial charge in [0.1, 0.15) is 0 Å². The number of allylic oxidation sites excluding steroid dienone is 2. The predicted octanol–water partition coefficient (Wildman–Crippen LogP) is 7.98. The Morgan fingerprint density at radius 3 is 0.909 bits per heavy atom. The molecule has 0 heterocycles. The summed E-state index contributed by atoms with van der Waals surface area (Å²) in [6, 6.07) is 20.3. The van der Waals surface area contributed by atoms with E-state index in [1.165, 1.54) is 11.1 Å². The largest absolute Gasteiger partial charge is 0.0955 e. The molecule has 0 N–H and O–H groups in total. The highest BCUT2D eigenvalue weighted by atomic mass is 13.9. The Morgan fingerprint density at radius 1 is 0.545 bits per heavy atom. The van der Waals surface area contributed by atoms with Crippen LogP contribution < -0.4 is 0 Å². The lowest BCUT2D eigenvalue weighted by molar-refractivity contribution is 1.58. The van der Waals surface area contributed by atoms with E-state index in [9.17, 15) is 0 Å². The van der Waals surface area contributed by atoms with Crippen molar-refractivity contribution in [2.75, 3.05) is 0 Å². The van der Waals surface area contributed by atoms with Gasteiger partial charge in [-0.3, -0.25) is 0 Å². The first-order valence-electron chi connectivity index (χ1n) is 6.03. The second-order valence-corrected chi connectivity index (χ2v) is 4.29. The zero-order valence-electron chi connectivity index (χ0n) is 11.2. The van der Waals surface area contributed by atoms with E-state index in [2.05, 4.69) is 37.4 Å². The first-order valence-corrected chi connectivity index (χ1v) is 6.03. The summed E-state index contributed by atoms with van der Waals surface area (Å²) in [6.45, 7) is 11.7. The minimum atomic E-state index is 0. The first kappa shape index (κ1) is 28.1. The third-order valence-corrected chi connectivity index (χ3v) is 2.53. The fraction of sp³-hybridized carbons (Fsp3) is 0.273. The number of hydrogen-bond donors (Lipinski definition) is 0. The van der Waals surface area contributed by atoms with Crippen LogP contribution in [0.5, 0.6) is 0 Å². The van der Waals surface area contributed by atoms with E-state index in [-0.39, 0.29) is 29.7 Å². The van der Waals surface area contributed by atoms with Gasteiger partial charge in [-0.05, 0) is 25.0 Å². The average Bonchev–Trinajstić information content (AvgIpc) is 2.41. The Labute approximate surface area is 140 Å². The molecule has 2 aromatic rings. The molecule has 0 bridgehead atoms. The Hall–Kier alpha value is -2.08. The van der Waals surface area contributed by atoms with Crippen molar-refractivity contribution >= 4 is 11.1 Å². The molecule has 0 spiro atoms. The van der Waals surface area contributed by atoms with Gasteiger partial charge in [0.2, 0.25) is 0 Å². The van der Waals surface area contributed by atoms with E-state index in [0.717, 1.165) is 11.1 Å². The molecule has 0 aliphatic carbocycles. The van der Waals surface area contributed by atoms with Crippen LogP contribution in [0.2, 0.25) is 0 Å². The van der Waals surface area contributed by atoms with Crippen LogP contribution in [0.4, 0.5) is 0 Å². The van der Waals surface area contributed by atoms with Gasteiger partial charge in [0, 0.05) is 0 Å². The lowest BCUT2D eigenvalue weighted by Gasteiger charge is -1.94. The summed E-state index contributed by atoms with van der Waals surface area (Å²) in [4.78, 5) is 0. The molecule has 22 heavy (non-hydrogen) atoms. The highest BCUT2D eigenvalue weighted by Crippen LogP contribution is 2.09. The van der Waals surface area contributed by atoms with Gasteiger partial charge in [-0.1, -0.05) is 115 Å². The lowest BCUT2D eigenvalue weighted by atomic mass is 10.1. The molecule has 0 radical (unpaired) electrons. The quantitative estimate of drug-likeness (QED) is 0.527. The van der Waals surface area contributed by atoms with Gasteiger partial charge in [0.05, 0.1) is 0 Å². The zero-order valence-corrected chi connectivity index (χ0v) is 11.2. The topological polar surface area (TPSA) is 0 Å². The number of benzene rings is 2. The summed E-state index contributed by atoms with van der Waals surface area (Å²) >= 11 is 0. The molecule has 0 saturated heterocycles. The second kappa shape index (κ2) is 15.3. The third-order valence-electron chi connectivity index (χ3n) is 2.53. The normalized spacial score (nSPS) is 7.36. The zero-order chi connectivity index (χ0) is 13.4. The molecule has 0 nitrogen and oxygen atoms in total. The molecule has 0 amide bonds. The summed E-state index contributed by atoms with van der Waals surface area (Å²) in [7, 11) is 0. The van der Waals surface area contributed by atoms with E-state index < -0.39 is 0 Å². The fourth-order valence-electron chi connectivity index (χ4n) is 1.45. The maximum absolute atomic E-state index is 3.83. The summed E-state index contributed by atoms with van der Waals surface area (Å²) in [5.41, 5.74) is 4.68. The molecule has 0 saturated carbocycles. The highest BCUT2D eigenvalue weighted by Gasteiger charge is 1.86. The molecule has 0 unspecified atom stereocenters. The average molecular weight is 301 g/mol. The van der Waals surface area contributed by atoms with Crippen molar-refractivity contribution in [3.63, 3.8) is 0 Å². The van der Waals surface area contributed by atoms with E-state index in [0.29, 0.717) is 0 Å². The molecular weight excluding hydrogens is 264 g/mol. The minimum absolute atomic E-state index is 0. The maximum Gasteiger partial charge on any atom is -0.0233 e. The molecule has 0 heteroatoms. The van der Waals surface area contributed by atoms with Crippen LogP contribution >= 0.6 is 0 Å². The standard InChI is InChI=1S/2C9H10.4CH4/c2*1-8(2)9-6-4-3-5-7-9;;;;/h2*3-7H,1H2,2H3;4*1H4. The molecule has 0 aliphatic rings. The van der Waals surface area contributed by atoms with Gasteiger partial charge < -0.3 is 0 Å². The van der Waals surface area contributed by atoms with Gasteiger partial charge in [0.25, 0.3) is 0 Å². The molecule has 124 valence electrons. The highest BCUT2D eigenvalue weighted by molar-refractivity contribution is 5.61. The smallest absolute Gasteiger partial charge is 0.0233 e. The van der Waals surface area contributed by atoms with E-state index in [4.69, 9.17) is 0 Å². The summed E-state index contributed by atoms with van der Waals surface area (Å²) in [5, 5.41) is 0. The van der Waals surface area contributed by atoms with Crippen molar-refractivity contribution in [1.29, 1.82) is 0 Å². The van der Waals surface area contributed by atoms with Crippen molar-refractivity contribution in [2.45, 2.75) is 43.6 Å². The maximum atomic E-state index is 3.83. The second-order valence-electron chi connectivity index (χ2n) is 4.29. The Kier molecular flexibility index (Phi) is 19.6. The fourth-order valence-corrected chi connectivity index (χ4v) is 1.45. The van der Waals surface area contributed by atoms with Gasteiger partial charge in [-0.25, -0.2) is 0 Å². The van der Waals surface area contributed by atoms with E-state index >= 15 is 0 Å². The third kappa shape index (κ3) is 10.7. The Balaban J connectivity index is -0.000000125. The van der Waals surface area contributed by atoms with Gasteiger partial charge in [0.15, 0.2) is 0 Å². The Morgan fingerprint density at radius 2 is 0.773 bits per heavy atom. The molecular formula is C22H36. The van der Waals surface area contributed by atoms with Crippen molar-refractivity contribution in [3.8, 4) is 0 Å². The van der Waals surface area contributed by atoms with Crippen LogP contribution in [-0.2, 0) is 0 Å². The molecule has 0 aromatic heterocycles. The summed E-state index contributed by atoms with van der Waals surface area (Å²) in [6.07, 6.45) is 0. The summed E-state index contributed by atoms with van der Waals surface area (Å²) in [5.74, 6) is 0. The van der Waals surface area contributed by atoms with Crippen LogP contribution in [0, 0.1) is 0 Å². The molecule has 0 fully saturated rings. The number of rotatable bonds is 2. The lowest BCUT2D eigenvalue weighted by Crippen LogP contribution is -1.72. The predicted molar refractivity (Wildman–Crippen MR) is 109 cm³/mol. The van der Waals surface area contributed by atoms with E-state index in [1.807, 2.05) is 50.2 Å². The van der Waals surface area contributed by atoms with Crippen molar-refractivity contribution in [3.05, 3.63) is 84.9 Å². The van der Waals surface area contributed by atoms with Gasteiger partial charge >= 0.3 is 0 Å². The van der Waals surface area contributed by atoms with Crippen LogP contribution in [0.15, 0.2) is 73.8 Å². The van der Waals surface area contributed by atoms with Crippen molar-refractivity contribution in [1.82, 2.24) is 0 Å². The van der Waals surface area contributed by atoms with Gasteiger partial charge in [-0.2, -0.15) is 0 Å². The van der Waals surface area contributed by atoms with Crippen LogP contribution in [-0.4, -0.2) is 0 Å². The molecule has 0 atom stereocenters. The van der Waals surface area contributed by atoms with Crippen molar-refractivity contribution < 1.29 is 0 Å². The Bertz CT molecular complexity index is 443. The molecule has 2 rings (SSSR count). The van der Waals surface area contributed by atoms with Gasteiger partial charge in [-0.15, -0.1) is 0 Å². The van der Waals surface area contributed by atoms with Crippen LogP contribution in [0.25, 0.3) is 11.1 Å². The minimum Gasteiger partial charge on any atom is -0.0955 e. The van der Waals surface area contributed by atoms with Crippen LogP contribution in [0.1, 0.15) is 54.7 Å². The van der Waals surface area contributed by atoms with Crippen LogP contribution in [0.3, 0.4) is 0 Å². The molecule has 0 aliphatic heterocycles. The van der Waals surface area contributed by atoms with Crippen molar-refractivity contribution in [2.24, 2.45) is 0 Å². The van der Waals surface area contributed by atoms with E-state index in [1.54, 1.807) is 0 Å². The SMILES string of the molecule is C.C.C.C.C=C(C)c1ccccc1.C=C(C)c1ccccc1.